The van der Waals surface area contributed by atoms with Gasteiger partial charge in [0.25, 0.3) is 0 Å². The number of carbonyl (C=O) groups excluding carboxylic acids is 1. The van der Waals surface area contributed by atoms with Crippen molar-refractivity contribution in [2.45, 2.75) is 38.5 Å². The Morgan fingerprint density at radius 1 is 0.781 bits per heavy atom. The summed E-state index contributed by atoms with van der Waals surface area (Å²) in [6.45, 7) is 3.97. The van der Waals surface area contributed by atoms with E-state index >= 15 is 8.78 Å². The van der Waals surface area contributed by atoms with Crippen molar-refractivity contribution in [2.24, 2.45) is 0 Å². The third-order valence-electron chi connectivity index (χ3n) is 5.45. The summed E-state index contributed by atoms with van der Waals surface area (Å²) < 4.78 is 89.1. The van der Waals surface area contributed by atoms with Gasteiger partial charge in [0.1, 0.15) is 0 Å². The molecule has 0 unspecified atom stereocenters. The predicted molar refractivity (Wildman–Crippen MR) is 115 cm³/mol. The molecule has 0 spiro atoms. The second-order valence-corrected chi connectivity index (χ2v) is 10.1. The predicted octanol–water partition coefficient (Wildman–Crippen LogP) is 8.13. The maximum absolute atomic E-state index is 15.0. The molecular weight excluding hydrogens is 470 g/mol. The zero-order valence-corrected chi connectivity index (χ0v) is 18.7. The van der Waals surface area contributed by atoms with Crippen LogP contribution in [0, 0.1) is 13.8 Å². The molecule has 0 atom stereocenters. The Morgan fingerprint density at radius 3 is 1.78 bits per heavy atom. The van der Waals surface area contributed by atoms with Gasteiger partial charge in [0.15, 0.2) is 5.78 Å². The van der Waals surface area contributed by atoms with Crippen molar-refractivity contribution in [3.8, 4) is 10.4 Å². The maximum Gasteiger partial charge on any atom is 0.380 e. The molecule has 2 aromatic heterocycles. The van der Waals surface area contributed by atoms with Crippen molar-refractivity contribution in [3.63, 3.8) is 0 Å². The van der Waals surface area contributed by atoms with Crippen LogP contribution in [0.1, 0.15) is 37.5 Å². The first-order chi connectivity index (χ1) is 14.8. The number of halogens is 6. The molecule has 0 bridgehead atoms. The van der Waals surface area contributed by atoms with Crippen molar-refractivity contribution in [1.29, 1.82) is 0 Å². The Labute approximate surface area is 188 Å². The summed E-state index contributed by atoms with van der Waals surface area (Å²) in [5, 5.41) is 0. The summed E-state index contributed by atoms with van der Waals surface area (Å²) in [4.78, 5) is 12.5. The van der Waals surface area contributed by atoms with Gasteiger partial charge < -0.3 is 0 Å². The van der Waals surface area contributed by atoms with Gasteiger partial charge in [-0.1, -0.05) is 30.3 Å². The van der Waals surface area contributed by atoms with E-state index in [-0.39, 0.29) is 20.2 Å². The molecule has 0 fully saturated rings. The fraction of sp³-hybridized carbons (Fsp3) is 0.261. The summed E-state index contributed by atoms with van der Waals surface area (Å²) in [5.74, 6) is -16.3. The molecule has 9 heteroatoms. The summed E-state index contributed by atoms with van der Waals surface area (Å²) in [5.41, 5.74) is -2.96. The molecule has 2 heterocycles. The SMILES string of the molecule is CC(=O)c1cc(C2=C(c3cc(-c4ccccc4)sc3C)C(F)(F)C(F)(F)C2(F)F)c(C)s1. The van der Waals surface area contributed by atoms with E-state index in [0.717, 1.165) is 28.7 Å². The van der Waals surface area contributed by atoms with Gasteiger partial charge in [-0.3, -0.25) is 4.79 Å². The van der Waals surface area contributed by atoms with E-state index in [0.29, 0.717) is 10.4 Å². The second-order valence-electron chi connectivity index (χ2n) is 7.56. The standard InChI is InChI=1S/C23H16F6OS2/c1-11(30)17-9-15(12(2)31-17)19-20(22(26,27)23(28,29)21(19,24)25)16-10-18(32-13(16)3)14-7-5-4-6-8-14/h4-10H,1-3H3. The van der Waals surface area contributed by atoms with Crippen LogP contribution in [0.25, 0.3) is 21.6 Å². The first-order valence-corrected chi connectivity index (χ1v) is 11.1. The second kappa shape index (κ2) is 7.31. The van der Waals surface area contributed by atoms with Crippen molar-refractivity contribution >= 4 is 39.6 Å². The minimum absolute atomic E-state index is 0.0331. The zero-order valence-electron chi connectivity index (χ0n) is 17.0. The number of benzene rings is 1. The van der Waals surface area contributed by atoms with Gasteiger partial charge in [-0.2, -0.15) is 26.3 Å². The van der Waals surface area contributed by atoms with E-state index in [1.807, 2.05) is 0 Å². The van der Waals surface area contributed by atoms with Crippen molar-refractivity contribution < 1.29 is 31.1 Å². The van der Waals surface area contributed by atoms with Crippen molar-refractivity contribution in [1.82, 2.24) is 0 Å². The largest absolute Gasteiger partial charge is 0.380 e. The Bertz CT molecular complexity index is 1250. The van der Waals surface area contributed by atoms with Crippen molar-refractivity contribution in [3.05, 3.63) is 68.2 Å². The van der Waals surface area contributed by atoms with Crippen molar-refractivity contribution in [2.75, 3.05) is 0 Å². The molecule has 0 aliphatic heterocycles. The quantitative estimate of drug-likeness (QED) is 0.269. The number of Topliss-reactive ketones (excluding diaryl/α,β-unsaturated/α-hetero) is 1. The molecule has 0 amide bonds. The van der Waals surface area contributed by atoms with Gasteiger partial charge in [0.05, 0.1) is 4.88 Å². The minimum Gasteiger partial charge on any atom is -0.294 e. The van der Waals surface area contributed by atoms with E-state index in [2.05, 4.69) is 0 Å². The average Bonchev–Trinajstić information content (AvgIpc) is 3.31. The zero-order chi connectivity index (χ0) is 23.6. The molecular formula is C23H16F6OS2. The van der Waals surface area contributed by atoms with Gasteiger partial charge >= 0.3 is 17.8 Å². The smallest absolute Gasteiger partial charge is 0.294 e. The highest BCUT2D eigenvalue weighted by Gasteiger charge is 2.80. The number of ketones is 1. The third kappa shape index (κ3) is 3.08. The van der Waals surface area contributed by atoms with Crippen LogP contribution >= 0.6 is 22.7 Å². The Hall–Kier alpha value is -2.39. The van der Waals surface area contributed by atoms with Crippen LogP contribution in [0.5, 0.6) is 0 Å². The first kappa shape index (κ1) is 22.8. The highest BCUT2D eigenvalue weighted by molar-refractivity contribution is 7.15. The summed E-state index contributed by atoms with van der Waals surface area (Å²) in [7, 11) is 0. The molecule has 0 radical (unpaired) electrons. The fourth-order valence-corrected chi connectivity index (χ4v) is 5.76. The molecule has 0 saturated heterocycles. The highest BCUT2D eigenvalue weighted by atomic mass is 32.1. The molecule has 168 valence electrons. The Morgan fingerprint density at radius 2 is 1.28 bits per heavy atom. The lowest BCUT2D eigenvalue weighted by molar-refractivity contribution is -0.254. The number of thiophene rings is 2. The lowest BCUT2D eigenvalue weighted by Crippen LogP contribution is -2.48. The molecule has 0 saturated carbocycles. The first-order valence-electron chi connectivity index (χ1n) is 9.47. The maximum atomic E-state index is 15.0. The fourth-order valence-electron chi connectivity index (χ4n) is 3.81. The third-order valence-corrected chi connectivity index (χ3v) is 7.70. The van der Waals surface area contributed by atoms with Gasteiger partial charge in [-0.15, -0.1) is 22.7 Å². The average molecular weight is 487 g/mol. The number of carbonyl (C=O) groups is 1. The van der Waals surface area contributed by atoms with E-state index in [4.69, 9.17) is 0 Å². The minimum atomic E-state index is -5.63. The molecule has 1 aliphatic rings. The number of rotatable bonds is 4. The molecule has 3 aromatic rings. The van der Waals surface area contributed by atoms with Gasteiger partial charge in [-0.25, -0.2) is 0 Å². The molecule has 1 aromatic carbocycles. The number of alkyl halides is 6. The van der Waals surface area contributed by atoms with Crippen LogP contribution in [0.2, 0.25) is 0 Å². The molecule has 1 nitrogen and oxygen atoms in total. The normalized spacial score (nSPS) is 18.9. The number of allylic oxidation sites excluding steroid dienone is 2. The van der Waals surface area contributed by atoms with Crippen LogP contribution in [0.3, 0.4) is 0 Å². The van der Waals surface area contributed by atoms with Crippen LogP contribution in [-0.4, -0.2) is 23.6 Å². The van der Waals surface area contributed by atoms with Gasteiger partial charge in [-0.05, 0) is 49.6 Å². The number of aryl methyl sites for hydroxylation is 2. The van der Waals surface area contributed by atoms with Gasteiger partial charge in [0, 0.05) is 25.8 Å². The van der Waals surface area contributed by atoms with Gasteiger partial charge in [0.2, 0.25) is 0 Å². The lowest BCUT2D eigenvalue weighted by atomic mass is 9.94. The summed E-state index contributed by atoms with van der Waals surface area (Å²) in [6.07, 6.45) is 0. The molecule has 1 aliphatic carbocycles. The van der Waals surface area contributed by atoms with Crippen LogP contribution in [-0.2, 0) is 0 Å². The highest BCUT2D eigenvalue weighted by Crippen LogP contribution is 2.66. The monoisotopic (exact) mass is 486 g/mol. The van der Waals surface area contributed by atoms with Crippen LogP contribution in [0.15, 0.2) is 42.5 Å². The van der Waals surface area contributed by atoms with Crippen LogP contribution in [0.4, 0.5) is 26.3 Å². The Kier molecular flexibility index (Phi) is 5.21. The van der Waals surface area contributed by atoms with E-state index in [9.17, 15) is 22.4 Å². The molecule has 32 heavy (non-hydrogen) atoms. The Balaban J connectivity index is 2.05. The molecule has 4 rings (SSSR count). The molecule has 0 N–H and O–H groups in total. The van der Waals surface area contributed by atoms with Crippen LogP contribution < -0.4 is 0 Å². The number of hydrogen-bond donors (Lipinski definition) is 0. The number of hydrogen-bond acceptors (Lipinski definition) is 3. The topological polar surface area (TPSA) is 17.1 Å². The summed E-state index contributed by atoms with van der Waals surface area (Å²) >= 11 is 1.87. The lowest BCUT2D eigenvalue weighted by Gasteiger charge is -2.25. The summed E-state index contributed by atoms with van der Waals surface area (Å²) in [6, 6.07) is 10.9. The van der Waals surface area contributed by atoms with E-state index in [1.165, 1.54) is 26.8 Å². The van der Waals surface area contributed by atoms with E-state index < -0.39 is 40.3 Å². The van der Waals surface area contributed by atoms with E-state index in [1.54, 1.807) is 30.3 Å².